The number of rotatable bonds is 4. The molecule has 1 aliphatic carbocycles. The quantitative estimate of drug-likeness (QED) is 0.815. The standard InChI is InChI=1S/C13H24N2S/c1-10(2)7-11-8-14-12(16-11)15-9-13(3)5-4-6-13/h10-11H,4-9H2,1-3H3,(H,14,15). The van der Waals surface area contributed by atoms with Crippen molar-refractivity contribution in [2.45, 2.75) is 51.7 Å². The molecule has 0 bridgehead atoms. The molecule has 16 heavy (non-hydrogen) atoms. The van der Waals surface area contributed by atoms with Crippen molar-refractivity contribution >= 4 is 16.9 Å². The number of aliphatic imine (C=N–C) groups is 1. The normalized spacial score (nSPS) is 27.8. The summed E-state index contributed by atoms with van der Waals surface area (Å²) in [6.07, 6.45) is 5.46. The minimum Gasteiger partial charge on any atom is -0.364 e. The van der Waals surface area contributed by atoms with Gasteiger partial charge in [0.25, 0.3) is 0 Å². The summed E-state index contributed by atoms with van der Waals surface area (Å²) in [6.45, 7) is 9.10. The van der Waals surface area contributed by atoms with E-state index in [1.165, 1.54) is 30.9 Å². The van der Waals surface area contributed by atoms with E-state index in [0.717, 1.165) is 24.3 Å². The van der Waals surface area contributed by atoms with Gasteiger partial charge >= 0.3 is 0 Å². The van der Waals surface area contributed by atoms with Crippen molar-refractivity contribution < 1.29 is 0 Å². The van der Waals surface area contributed by atoms with Gasteiger partial charge in [-0.05, 0) is 30.6 Å². The Morgan fingerprint density at radius 3 is 2.81 bits per heavy atom. The van der Waals surface area contributed by atoms with Crippen molar-refractivity contribution in [1.29, 1.82) is 0 Å². The Bertz CT molecular complexity index is 269. The van der Waals surface area contributed by atoms with Crippen molar-refractivity contribution in [2.75, 3.05) is 13.1 Å². The fraction of sp³-hybridized carbons (Fsp3) is 0.923. The van der Waals surface area contributed by atoms with E-state index in [0.29, 0.717) is 5.41 Å². The Morgan fingerprint density at radius 1 is 1.50 bits per heavy atom. The number of amidine groups is 1. The molecule has 0 spiro atoms. The van der Waals surface area contributed by atoms with Crippen molar-refractivity contribution in [3.63, 3.8) is 0 Å². The third-order valence-electron chi connectivity index (χ3n) is 3.68. The van der Waals surface area contributed by atoms with Crippen molar-refractivity contribution in [3.05, 3.63) is 0 Å². The van der Waals surface area contributed by atoms with Gasteiger partial charge < -0.3 is 5.32 Å². The Kier molecular flexibility index (Phi) is 3.83. The van der Waals surface area contributed by atoms with Crippen LogP contribution in [0.2, 0.25) is 0 Å². The Morgan fingerprint density at radius 2 is 2.25 bits per heavy atom. The number of hydrogen-bond acceptors (Lipinski definition) is 3. The van der Waals surface area contributed by atoms with E-state index in [1.807, 2.05) is 11.8 Å². The van der Waals surface area contributed by atoms with Crippen LogP contribution in [0, 0.1) is 11.3 Å². The highest BCUT2D eigenvalue weighted by Gasteiger charge is 2.32. The number of thioether (sulfide) groups is 1. The van der Waals surface area contributed by atoms with Crippen LogP contribution in [0.5, 0.6) is 0 Å². The molecule has 0 aromatic rings. The molecule has 2 rings (SSSR count). The fourth-order valence-electron chi connectivity index (χ4n) is 2.41. The molecule has 0 saturated heterocycles. The van der Waals surface area contributed by atoms with Crippen LogP contribution in [-0.4, -0.2) is 23.5 Å². The van der Waals surface area contributed by atoms with Crippen LogP contribution in [-0.2, 0) is 0 Å². The summed E-state index contributed by atoms with van der Waals surface area (Å²) in [5, 5.41) is 5.45. The maximum absolute atomic E-state index is 4.60. The zero-order valence-electron chi connectivity index (χ0n) is 10.8. The molecular formula is C13H24N2S. The Labute approximate surface area is 104 Å². The van der Waals surface area contributed by atoms with Crippen LogP contribution in [0.3, 0.4) is 0 Å². The van der Waals surface area contributed by atoms with E-state index >= 15 is 0 Å². The average Bonchev–Trinajstić information content (AvgIpc) is 2.58. The van der Waals surface area contributed by atoms with Gasteiger partial charge in [-0.3, -0.25) is 4.99 Å². The molecule has 0 radical (unpaired) electrons. The van der Waals surface area contributed by atoms with Gasteiger partial charge in [0.15, 0.2) is 5.17 Å². The topological polar surface area (TPSA) is 24.4 Å². The third-order valence-corrected chi connectivity index (χ3v) is 4.85. The first-order valence-corrected chi connectivity index (χ1v) is 7.40. The van der Waals surface area contributed by atoms with E-state index in [4.69, 9.17) is 0 Å². The van der Waals surface area contributed by atoms with Gasteiger partial charge in [-0.15, -0.1) is 0 Å². The molecule has 0 aromatic carbocycles. The lowest BCUT2D eigenvalue weighted by Crippen LogP contribution is -2.38. The number of hydrogen-bond donors (Lipinski definition) is 1. The maximum atomic E-state index is 4.60. The van der Waals surface area contributed by atoms with Crippen LogP contribution < -0.4 is 5.32 Å². The predicted molar refractivity (Wildman–Crippen MR) is 73.1 cm³/mol. The number of nitrogens with one attached hydrogen (secondary N) is 1. The molecule has 1 unspecified atom stereocenters. The molecule has 2 nitrogen and oxygen atoms in total. The van der Waals surface area contributed by atoms with Crippen molar-refractivity contribution in [1.82, 2.24) is 5.32 Å². The van der Waals surface area contributed by atoms with Gasteiger partial charge in [0, 0.05) is 11.8 Å². The lowest BCUT2D eigenvalue weighted by Gasteiger charge is -2.38. The molecule has 1 N–H and O–H groups in total. The van der Waals surface area contributed by atoms with E-state index in [2.05, 4.69) is 31.1 Å². The summed E-state index contributed by atoms with van der Waals surface area (Å²) >= 11 is 1.95. The molecule has 3 heteroatoms. The molecule has 0 aromatic heterocycles. The van der Waals surface area contributed by atoms with E-state index in [9.17, 15) is 0 Å². The number of nitrogens with zero attached hydrogens (tertiary/aromatic N) is 1. The zero-order valence-corrected chi connectivity index (χ0v) is 11.6. The largest absolute Gasteiger partial charge is 0.364 e. The second-order valence-electron chi connectivity index (χ2n) is 6.03. The highest BCUT2D eigenvalue weighted by Crippen LogP contribution is 2.39. The summed E-state index contributed by atoms with van der Waals surface area (Å²) in [4.78, 5) is 4.60. The van der Waals surface area contributed by atoms with Gasteiger partial charge in [-0.2, -0.15) is 0 Å². The minimum absolute atomic E-state index is 0.555. The lowest BCUT2D eigenvalue weighted by molar-refractivity contribution is 0.166. The molecule has 1 saturated carbocycles. The van der Waals surface area contributed by atoms with E-state index < -0.39 is 0 Å². The SMILES string of the molecule is CC(C)CC1CN=C(NCC2(C)CCC2)S1. The van der Waals surface area contributed by atoms with Gasteiger partial charge in [0.05, 0.1) is 6.54 Å². The Hall–Kier alpha value is -0.180. The first-order valence-electron chi connectivity index (χ1n) is 6.52. The summed E-state index contributed by atoms with van der Waals surface area (Å²) in [7, 11) is 0. The van der Waals surface area contributed by atoms with Gasteiger partial charge in [0.1, 0.15) is 0 Å². The molecule has 1 heterocycles. The second kappa shape index (κ2) is 4.99. The van der Waals surface area contributed by atoms with Gasteiger partial charge in [-0.1, -0.05) is 39.0 Å². The molecule has 2 aliphatic rings. The third kappa shape index (κ3) is 3.16. The van der Waals surface area contributed by atoms with Crippen LogP contribution in [0.15, 0.2) is 4.99 Å². The summed E-state index contributed by atoms with van der Waals surface area (Å²) in [5.41, 5.74) is 0.555. The monoisotopic (exact) mass is 240 g/mol. The fourth-order valence-corrected chi connectivity index (χ4v) is 3.66. The first-order chi connectivity index (χ1) is 7.57. The molecule has 1 aliphatic heterocycles. The van der Waals surface area contributed by atoms with Crippen LogP contribution in [0.25, 0.3) is 0 Å². The van der Waals surface area contributed by atoms with Crippen molar-refractivity contribution in [3.8, 4) is 0 Å². The maximum Gasteiger partial charge on any atom is 0.156 e. The molecule has 0 amide bonds. The highest BCUT2D eigenvalue weighted by molar-refractivity contribution is 8.14. The highest BCUT2D eigenvalue weighted by atomic mass is 32.2. The summed E-state index contributed by atoms with van der Waals surface area (Å²) in [5.74, 6) is 0.788. The minimum atomic E-state index is 0.555. The zero-order chi connectivity index (χ0) is 11.6. The molecular weight excluding hydrogens is 216 g/mol. The lowest BCUT2D eigenvalue weighted by atomic mass is 9.70. The second-order valence-corrected chi connectivity index (χ2v) is 7.32. The summed E-state index contributed by atoms with van der Waals surface area (Å²) in [6, 6.07) is 0. The van der Waals surface area contributed by atoms with Crippen LogP contribution in [0.4, 0.5) is 0 Å². The average molecular weight is 240 g/mol. The Balaban J connectivity index is 1.68. The van der Waals surface area contributed by atoms with Crippen LogP contribution >= 0.6 is 11.8 Å². The molecule has 92 valence electrons. The predicted octanol–water partition coefficient (Wildman–Crippen LogP) is 3.28. The van der Waals surface area contributed by atoms with E-state index in [-0.39, 0.29) is 0 Å². The molecule has 1 fully saturated rings. The van der Waals surface area contributed by atoms with Gasteiger partial charge in [0.2, 0.25) is 0 Å². The smallest absolute Gasteiger partial charge is 0.156 e. The van der Waals surface area contributed by atoms with Gasteiger partial charge in [-0.25, -0.2) is 0 Å². The van der Waals surface area contributed by atoms with Crippen molar-refractivity contribution in [2.24, 2.45) is 16.3 Å². The first kappa shape index (κ1) is 12.3. The molecule has 1 atom stereocenters. The van der Waals surface area contributed by atoms with Crippen LogP contribution in [0.1, 0.15) is 46.5 Å². The van der Waals surface area contributed by atoms with E-state index in [1.54, 1.807) is 0 Å². The summed E-state index contributed by atoms with van der Waals surface area (Å²) < 4.78 is 0.